The number of pyridine rings is 1. The number of aromatic nitrogens is 1. The summed E-state index contributed by atoms with van der Waals surface area (Å²) in [6.45, 7) is 1.08. The smallest absolute Gasteiger partial charge is 0.323 e. The standard InChI is InChI=1S/C20H20N4O.2ClH/c1-24-12-4-5-14-13-15(8-9-19(14)24)22-20(25)23-18-10-11-21-17-7-3-2-6-16(17)18;;/h2-3,6-11,13H,4-5,12H2,1H3,(H2,21,22,23,25);2*1H. The third-order valence-corrected chi connectivity index (χ3v) is 4.59. The highest BCUT2D eigenvalue weighted by molar-refractivity contribution is 6.05. The van der Waals surface area contributed by atoms with Gasteiger partial charge in [-0.25, -0.2) is 4.79 Å². The number of nitrogens with one attached hydrogen (secondary N) is 2. The molecule has 0 radical (unpaired) electrons. The molecule has 7 heteroatoms. The number of carbonyl (C=O) groups is 1. The van der Waals surface area contributed by atoms with Crippen LogP contribution in [0.4, 0.5) is 21.9 Å². The molecule has 2 heterocycles. The largest absolute Gasteiger partial charge is 0.374 e. The molecule has 2 aromatic carbocycles. The van der Waals surface area contributed by atoms with Crippen LogP contribution < -0.4 is 15.5 Å². The maximum atomic E-state index is 12.4. The predicted molar refractivity (Wildman–Crippen MR) is 117 cm³/mol. The van der Waals surface area contributed by atoms with Gasteiger partial charge in [0.2, 0.25) is 0 Å². The van der Waals surface area contributed by atoms with Crippen LogP contribution in [0.5, 0.6) is 0 Å². The number of aryl methyl sites for hydroxylation is 1. The average Bonchev–Trinajstić information content (AvgIpc) is 2.62. The van der Waals surface area contributed by atoms with Crippen molar-refractivity contribution in [1.29, 1.82) is 0 Å². The Bertz CT molecular complexity index is 943. The first-order valence-corrected chi connectivity index (χ1v) is 8.46. The number of fused-ring (bicyclic) bond motifs is 2. The molecule has 0 saturated carbocycles. The molecule has 0 saturated heterocycles. The summed E-state index contributed by atoms with van der Waals surface area (Å²) in [6, 6.07) is 15.4. The molecule has 0 spiro atoms. The highest BCUT2D eigenvalue weighted by Crippen LogP contribution is 2.28. The first-order chi connectivity index (χ1) is 12.2. The van der Waals surface area contributed by atoms with Crippen LogP contribution in [0.1, 0.15) is 12.0 Å². The quantitative estimate of drug-likeness (QED) is 0.623. The predicted octanol–water partition coefficient (Wildman–Crippen LogP) is 5.10. The fourth-order valence-corrected chi connectivity index (χ4v) is 3.35. The van der Waals surface area contributed by atoms with Crippen molar-refractivity contribution in [3.63, 3.8) is 0 Å². The maximum Gasteiger partial charge on any atom is 0.323 e. The Morgan fingerprint density at radius 2 is 1.89 bits per heavy atom. The third kappa shape index (κ3) is 4.43. The number of benzene rings is 2. The molecule has 1 aromatic heterocycles. The number of urea groups is 1. The molecular formula is C20H22Cl2N4O. The van der Waals surface area contributed by atoms with Crippen LogP contribution in [0, 0.1) is 0 Å². The van der Waals surface area contributed by atoms with E-state index in [4.69, 9.17) is 0 Å². The second kappa shape index (κ2) is 8.93. The van der Waals surface area contributed by atoms with Gasteiger partial charge in [-0.05, 0) is 48.7 Å². The third-order valence-electron chi connectivity index (χ3n) is 4.59. The SMILES string of the molecule is CN1CCCc2cc(NC(=O)Nc3ccnc4ccccc34)ccc21.Cl.Cl. The van der Waals surface area contributed by atoms with E-state index in [-0.39, 0.29) is 30.8 Å². The van der Waals surface area contributed by atoms with Crippen molar-refractivity contribution in [2.24, 2.45) is 0 Å². The van der Waals surface area contributed by atoms with Gasteiger partial charge in [0.1, 0.15) is 0 Å². The highest BCUT2D eigenvalue weighted by atomic mass is 35.5. The lowest BCUT2D eigenvalue weighted by atomic mass is 10.0. The Morgan fingerprint density at radius 3 is 2.74 bits per heavy atom. The number of hydrogen-bond donors (Lipinski definition) is 2. The van der Waals surface area contributed by atoms with Crippen molar-refractivity contribution >= 4 is 58.8 Å². The van der Waals surface area contributed by atoms with Gasteiger partial charge in [-0.2, -0.15) is 0 Å². The number of nitrogens with zero attached hydrogens (tertiary/aromatic N) is 2. The van der Waals surface area contributed by atoms with Gasteiger partial charge in [0.25, 0.3) is 0 Å². The summed E-state index contributed by atoms with van der Waals surface area (Å²) in [7, 11) is 2.10. The molecular weight excluding hydrogens is 383 g/mol. The van der Waals surface area contributed by atoms with Gasteiger partial charge in [-0.3, -0.25) is 4.98 Å². The number of hydrogen-bond acceptors (Lipinski definition) is 3. The number of anilines is 3. The van der Waals surface area contributed by atoms with E-state index >= 15 is 0 Å². The van der Waals surface area contributed by atoms with Crippen LogP contribution in [0.15, 0.2) is 54.7 Å². The average molecular weight is 405 g/mol. The molecule has 3 aromatic rings. The van der Waals surface area contributed by atoms with E-state index in [1.165, 1.54) is 11.3 Å². The van der Waals surface area contributed by atoms with Crippen LogP contribution >= 0.6 is 24.8 Å². The van der Waals surface area contributed by atoms with Crippen LogP contribution in [-0.4, -0.2) is 24.6 Å². The zero-order valence-corrected chi connectivity index (χ0v) is 16.6. The van der Waals surface area contributed by atoms with Gasteiger partial charge in [-0.15, -0.1) is 24.8 Å². The molecule has 0 aliphatic carbocycles. The molecule has 2 N–H and O–H groups in total. The van der Waals surface area contributed by atoms with E-state index in [2.05, 4.69) is 39.7 Å². The molecule has 27 heavy (non-hydrogen) atoms. The van der Waals surface area contributed by atoms with Crippen molar-refractivity contribution in [2.45, 2.75) is 12.8 Å². The van der Waals surface area contributed by atoms with Gasteiger partial charge >= 0.3 is 6.03 Å². The van der Waals surface area contributed by atoms with E-state index in [1.54, 1.807) is 6.20 Å². The topological polar surface area (TPSA) is 57.3 Å². The zero-order valence-electron chi connectivity index (χ0n) is 14.9. The summed E-state index contributed by atoms with van der Waals surface area (Å²) in [4.78, 5) is 19.0. The van der Waals surface area contributed by atoms with E-state index < -0.39 is 0 Å². The van der Waals surface area contributed by atoms with Gasteiger partial charge < -0.3 is 15.5 Å². The van der Waals surface area contributed by atoms with Crippen molar-refractivity contribution in [3.8, 4) is 0 Å². The number of para-hydroxylation sites is 1. The minimum atomic E-state index is -0.250. The summed E-state index contributed by atoms with van der Waals surface area (Å²) in [5.41, 5.74) is 4.95. The molecule has 142 valence electrons. The fourth-order valence-electron chi connectivity index (χ4n) is 3.35. The summed E-state index contributed by atoms with van der Waals surface area (Å²) < 4.78 is 0. The lowest BCUT2D eigenvalue weighted by Gasteiger charge is -2.27. The minimum Gasteiger partial charge on any atom is -0.374 e. The lowest BCUT2D eigenvalue weighted by molar-refractivity contribution is 0.262. The van der Waals surface area contributed by atoms with E-state index in [1.807, 2.05) is 36.4 Å². The number of carbonyl (C=O) groups excluding carboxylic acids is 1. The lowest BCUT2D eigenvalue weighted by Crippen LogP contribution is -2.25. The van der Waals surface area contributed by atoms with Gasteiger partial charge in [0.15, 0.2) is 0 Å². The van der Waals surface area contributed by atoms with Crippen LogP contribution in [0.25, 0.3) is 10.9 Å². The first kappa shape index (κ1) is 20.8. The molecule has 0 bridgehead atoms. The molecule has 0 unspecified atom stereocenters. The van der Waals surface area contributed by atoms with Crippen LogP contribution in [-0.2, 0) is 6.42 Å². The van der Waals surface area contributed by atoms with E-state index in [0.717, 1.165) is 41.7 Å². The summed E-state index contributed by atoms with van der Waals surface area (Å²) >= 11 is 0. The number of halogens is 2. The van der Waals surface area contributed by atoms with Crippen molar-refractivity contribution in [2.75, 3.05) is 29.1 Å². The molecule has 4 rings (SSSR count). The minimum absolute atomic E-state index is 0. The Balaban J connectivity index is 0.00000131. The Labute approximate surface area is 171 Å². The molecule has 5 nitrogen and oxygen atoms in total. The summed E-state index contributed by atoms with van der Waals surface area (Å²) in [5, 5.41) is 6.78. The molecule has 0 atom stereocenters. The second-order valence-electron chi connectivity index (χ2n) is 6.32. The Hall–Kier alpha value is -2.50. The summed E-state index contributed by atoms with van der Waals surface area (Å²) in [5.74, 6) is 0. The first-order valence-electron chi connectivity index (χ1n) is 8.46. The summed E-state index contributed by atoms with van der Waals surface area (Å²) in [6.07, 6.45) is 3.89. The molecule has 1 aliphatic heterocycles. The highest BCUT2D eigenvalue weighted by Gasteiger charge is 2.14. The van der Waals surface area contributed by atoms with E-state index in [0.29, 0.717) is 0 Å². The van der Waals surface area contributed by atoms with Crippen LogP contribution in [0.3, 0.4) is 0 Å². The Kier molecular flexibility index (Phi) is 6.88. The van der Waals surface area contributed by atoms with Gasteiger partial charge in [-0.1, -0.05) is 18.2 Å². The normalized spacial score (nSPS) is 12.4. The number of amides is 2. The Morgan fingerprint density at radius 1 is 1.07 bits per heavy atom. The fraction of sp³-hybridized carbons (Fsp3) is 0.200. The second-order valence-corrected chi connectivity index (χ2v) is 6.32. The van der Waals surface area contributed by atoms with Crippen LogP contribution in [0.2, 0.25) is 0 Å². The molecule has 0 fully saturated rings. The monoisotopic (exact) mass is 404 g/mol. The van der Waals surface area contributed by atoms with Gasteiger partial charge in [0, 0.05) is 36.6 Å². The number of rotatable bonds is 2. The van der Waals surface area contributed by atoms with Crippen molar-refractivity contribution < 1.29 is 4.79 Å². The maximum absolute atomic E-state index is 12.4. The van der Waals surface area contributed by atoms with Gasteiger partial charge in [0.05, 0.1) is 11.2 Å². The van der Waals surface area contributed by atoms with E-state index in [9.17, 15) is 4.79 Å². The molecule has 2 amide bonds. The van der Waals surface area contributed by atoms with Crippen molar-refractivity contribution in [1.82, 2.24) is 4.98 Å². The molecule has 1 aliphatic rings. The van der Waals surface area contributed by atoms with Crippen molar-refractivity contribution in [3.05, 3.63) is 60.3 Å². The zero-order chi connectivity index (χ0) is 17.2.